The molecule has 0 heterocycles. The van der Waals surface area contributed by atoms with Crippen LogP contribution in [0.15, 0.2) is 24.3 Å². The maximum atomic E-state index is 10.7. The Balaban J connectivity index is -0.000000966. The summed E-state index contributed by atoms with van der Waals surface area (Å²) in [5.74, 6) is 0.0443. The zero-order valence-corrected chi connectivity index (χ0v) is 40.1. The van der Waals surface area contributed by atoms with Crippen LogP contribution in [0.3, 0.4) is 0 Å². The average Bonchev–Trinajstić information content (AvgIpc) is 3.12. The van der Waals surface area contributed by atoms with Crippen LogP contribution in [-0.2, 0) is 29.2 Å². The standard InChI is InChI=1S/2C22H44O4S.Ca/c2*1-3-5-7-9-11-12-13-14-16-18-20-22(21-26-27(23,24)25)19-17-15-10-8-6-4-2;/h2*17,19,22H,3-16,18,20-21H2,1-2H3,(H,23,24,25);/q;;+2/p-2/b2*19-17+;. The molecule has 0 aromatic rings. The molecule has 0 aliphatic rings. The van der Waals surface area contributed by atoms with Gasteiger partial charge in [0.05, 0.1) is 13.2 Å². The van der Waals surface area contributed by atoms with Gasteiger partial charge < -0.3 is 9.11 Å². The van der Waals surface area contributed by atoms with Crippen molar-refractivity contribution in [3.8, 4) is 0 Å². The van der Waals surface area contributed by atoms with Gasteiger partial charge in [-0.05, 0) is 38.5 Å². The Morgan fingerprint density at radius 3 is 0.891 bits per heavy atom. The van der Waals surface area contributed by atoms with Crippen LogP contribution in [0.1, 0.15) is 233 Å². The first-order valence-electron chi connectivity index (χ1n) is 22.5. The Kier molecular flexibility index (Phi) is 49.5. The van der Waals surface area contributed by atoms with Gasteiger partial charge in [-0.15, -0.1) is 0 Å². The number of hydrogen-bond acceptors (Lipinski definition) is 8. The van der Waals surface area contributed by atoms with Gasteiger partial charge in [-0.3, -0.25) is 8.37 Å². The summed E-state index contributed by atoms with van der Waals surface area (Å²) in [6, 6.07) is 0. The predicted octanol–water partition coefficient (Wildman–Crippen LogP) is 13.5. The molecular weight excluding hydrogens is 761 g/mol. The zero-order valence-electron chi connectivity index (χ0n) is 36.3. The molecule has 0 aromatic carbocycles. The Morgan fingerprint density at radius 2 is 0.636 bits per heavy atom. The molecule has 0 bridgehead atoms. The van der Waals surface area contributed by atoms with Crippen molar-refractivity contribution in [2.24, 2.45) is 11.8 Å². The largest absolute Gasteiger partial charge is 2.00 e. The van der Waals surface area contributed by atoms with E-state index in [1.54, 1.807) is 0 Å². The van der Waals surface area contributed by atoms with E-state index in [4.69, 9.17) is 0 Å². The van der Waals surface area contributed by atoms with Crippen molar-refractivity contribution in [3.63, 3.8) is 0 Å². The second-order valence-corrected chi connectivity index (χ2v) is 17.5. The van der Waals surface area contributed by atoms with Gasteiger partial charge in [0, 0.05) is 11.8 Å². The van der Waals surface area contributed by atoms with Gasteiger partial charge in [0.15, 0.2) is 0 Å². The molecule has 0 saturated heterocycles. The van der Waals surface area contributed by atoms with E-state index in [-0.39, 0.29) is 62.8 Å². The topological polar surface area (TPSA) is 133 Å². The number of unbranched alkanes of at least 4 members (excludes halogenated alkanes) is 26. The van der Waals surface area contributed by atoms with Crippen molar-refractivity contribution in [3.05, 3.63) is 24.3 Å². The van der Waals surface area contributed by atoms with E-state index < -0.39 is 20.8 Å². The fourth-order valence-corrected chi connectivity index (χ4v) is 7.24. The van der Waals surface area contributed by atoms with Crippen LogP contribution in [0.2, 0.25) is 0 Å². The van der Waals surface area contributed by atoms with Crippen molar-refractivity contribution in [1.29, 1.82) is 0 Å². The second kappa shape index (κ2) is 45.6. The van der Waals surface area contributed by atoms with Crippen LogP contribution in [0, 0.1) is 11.8 Å². The summed E-state index contributed by atoms with van der Waals surface area (Å²) in [5, 5.41) is 0. The Morgan fingerprint density at radius 1 is 0.400 bits per heavy atom. The van der Waals surface area contributed by atoms with Crippen molar-refractivity contribution >= 4 is 58.5 Å². The molecule has 2 atom stereocenters. The number of hydrogen-bond donors (Lipinski definition) is 0. The maximum absolute atomic E-state index is 10.7. The molecule has 2 unspecified atom stereocenters. The molecule has 324 valence electrons. The quantitative estimate of drug-likeness (QED) is 0.0196. The molecule has 8 nitrogen and oxygen atoms in total. The molecule has 55 heavy (non-hydrogen) atoms. The van der Waals surface area contributed by atoms with Crippen molar-refractivity contribution in [2.45, 2.75) is 233 Å². The van der Waals surface area contributed by atoms with Crippen LogP contribution >= 0.6 is 0 Å². The summed E-state index contributed by atoms with van der Waals surface area (Å²) in [7, 11) is -9.20. The first-order chi connectivity index (χ1) is 26.0. The molecule has 11 heteroatoms. The summed E-state index contributed by atoms with van der Waals surface area (Å²) in [6.07, 6.45) is 47.5. The molecule has 0 aliphatic heterocycles. The molecule has 0 aromatic heterocycles. The van der Waals surface area contributed by atoms with E-state index >= 15 is 0 Å². The van der Waals surface area contributed by atoms with Crippen LogP contribution in [-0.4, -0.2) is 76.9 Å². The van der Waals surface area contributed by atoms with Crippen molar-refractivity contribution in [2.75, 3.05) is 13.2 Å². The summed E-state index contributed by atoms with van der Waals surface area (Å²) in [4.78, 5) is 0. The van der Waals surface area contributed by atoms with Crippen LogP contribution in [0.4, 0.5) is 0 Å². The molecular formula is C44H86CaO8S2. The summed E-state index contributed by atoms with van der Waals surface area (Å²) in [5.41, 5.74) is 0. The van der Waals surface area contributed by atoms with E-state index in [9.17, 15) is 25.9 Å². The van der Waals surface area contributed by atoms with Crippen molar-refractivity contribution in [1.82, 2.24) is 0 Å². The van der Waals surface area contributed by atoms with Gasteiger partial charge in [0.25, 0.3) is 0 Å². The van der Waals surface area contributed by atoms with E-state index in [1.807, 2.05) is 12.2 Å². The van der Waals surface area contributed by atoms with Gasteiger partial charge in [-0.25, -0.2) is 16.8 Å². The van der Waals surface area contributed by atoms with Gasteiger partial charge in [-0.1, -0.05) is 219 Å². The van der Waals surface area contributed by atoms with Crippen LogP contribution < -0.4 is 0 Å². The smallest absolute Gasteiger partial charge is 0.726 e. The third-order valence-electron chi connectivity index (χ3n) is 9.98. The molecule has 0 rings (SSSR count). The molecule has 0 radical (unpaired) electrons. The second-order valence-electron chi connectivity index (χ2n) is 15.4. The normalized spacial score (nSPS) is 13.2. The molecule has 0 amide bonds. The van der Waals surface area contributed by atoms with Gasteiger partial charge in [0.2, 0.25) is 20.8 Å². The summed E-state index contributed by atoms with van der Waals surface area (Å²) >= 11 is 0. The van der Waals surface area contributed by atoms with E-state index in [0.717, 1.165) is 51.4 Å². The maximum Gasteiger partial charge on any atom is 2.00 e. The Hall–Kier alpha value is 0.480. The molecule has 0 N–H and O–H groups in total. The van der Waals surface area contributed by atoms with Gasteiger partial charge in [-0.2, -0.15) is 0 Å². The zero-order chi connectivity index (χ0) is 40.4. The third kappa shape index (κ3) is 54.5. The van der Waals surface area contributed by atoms with Gasteiger partial charge >= 0.3 is 37.7 Å². The fraction of sp³-hybridized carbons (Fsp3) is 0.909. The molecule has 0 fully saturated rings. The first kappa shape index (κ1) is 59.8. The van der Waals surface area contributed by atoms with E-state index in [1.165, 1.54) is 154 Å². The van der Waals surface area contributed by atoms with E-state index in [0.29, 0.717) is 0 Å². The minimum atomic E-state index is -4.60. The summed E-state index contributed by atoms with van der Waals surface area (Å²) < 4.78 is 73.3. The SMILES string of the molecule is CCCCCC/C=C/C(CCCCCCCCCCCC)COS(=O)(=O)[O-].CCCCCC/C=C/C(CCCCCCCCCCCC)COS(=O)(=O)[O-].[Ca+2]. The number of rotatable bonds is 40. The van der Waals surface area contributed by atoms with E-state index in [2.05, 4.69) is 48.2 Å². The molecule has 0 spiro atoms. The van der Waals surface area contributed by atoms with Gasteiger partial charge in [0.1, 0.15) is 0 Å². The average molecular weight is 847 g/mol. The molecule has 0 aliphatic carbocycles. The Bertz CT molecular complexity index is 952. The number of allylic oxidation sites excluding steroid dienone is 2. The monoisotopic (exact) mass is 847 g/mol. The van der Waals surface area contributed by atoms with Crippen molar-refractivity contribution < 1.29 is 34.3 Å². The fourth-order valence-electron chi connectivity index (χ4n) is 6.55. The minimum Gasteiger partial charge on any atom is -0.726 e. The van der Waals surface area contributed by atoms with Crippen LogP contribution in [0.5, 0.6) is 0 Å². The third-order valence-corrected chi connectivity index (χ3v) is 10.8. The Labute approximate surface area is 372 Å². The predicted molar refractivity (Wildman–Crippen MR) is 233 cm³/mol. The minimum absolute atomic E-state index is 0. The first-order valence-corrected chi connectivity index (χ1v) is 25.2. The van der Waals surface area contributed by atoms with Crippen LogP contribution in [0.25, 0.3) is 0 Å². The molecule has 0 saturated carbocycles. The summed E-state index contributed by atoms with van der Waals surface area (Å²) in [6.45, 7) is 8.83.